The summed E-state index contributed by atoms with van der Waals surface area (Å²) in [7, 11) is 0. The molecule has 0 bridgehead atoms. The summed E-state index contributed by atoms with van der Waals surface area (Å²) in [5.74, 6) is -0.989. The number of pyridine rings is 1. The first-order valence-corrected chi connectivity index (χ1v) is 13.6. The van der Waals surface area contributed by atoms with Crippen LogP contribution in [0.1, 0.15) is 48.6 Å². The number of aromatic nitrogens is 1. The first kappa shape index (κ1) is 29.3. The predicted octanol–water partition coefficient (Wildman–Crippen LogP) is 3.91. The van der Waals surface area contributed by atoms with Gasteiger partial charge in [0, 0.05) is 18.2 Å². The van der Waals surface area contributed by atoms with Gasteiger partial charge in [0.05, 0.1) is 5.69 Å². The average Bonchev–Trinajstić information content (AvgIpc) is 3.71. The van der Waals surface area contributed by atoms with Crippen LogP contribution in [0.4, 0.5) is 23.2 Å². The van der Waals surface area contributed by atoms with Gasteiger partial charge in [0.2, 0.25) is 0 Å². The molecule has 1 aliphatic heterocycles. The molecular formula is C30H31F4N7O. The molecule has 42 heavy (non-hydrogen) atoms. The number of nitrogens with one attached hydrogen (secondary N) is 1. The molecule has 2 aromatic rings. The van der Waals surface area contributed by atoms with Gasteiger partial charge in [-0.05, 0) is 73.1 Å². The Kier molecular flexibility index (Phi) is 7.59. The van der Waals surface area contributed by atoms with Crippen molar-refractivity contribution in [2.24, 2.45) is 23.1 Å². The fraction of sp³-hybridized carbons (Fsp3) is 0.367. The van der Waals surface area contributed by atoms with E-state index < -0.39 is 35.0 Å². The van der Waals surface area contributed by atoms with Gasteiger partial charge in [-0.25, -0.2) is 9.37 Å². The van der Waals surface area contributed by atoms with E-state index in [9.17, 15) is 23.2 Å². The van der Waals surface area contributed by atoms with Gasteiger partial charge < -0.3 is 17.2 Å². The van der Waals surface area contributed by atoms with E-state index >= 15 is 4.39 Å². The van der Waals surface area contributed by atoms with Gasteiger partial charge in [-0.1, -0.05) is 36.4 Å². The predicted molar refractivity (Wildman–Crippen MR) is 149 cm³/mol. The summed E-state index contributed by atoms with van der Waals surface area (Å²) < 4.78 is 58.9. The van der Waals surface area contributed by atoms with Crippen LogP contribution in [0.5, 0.6) is 0 Å². The number of hydrazine groups is 1. The van der Waals surface area contributed by atoms with E-state index in [0.717, 1.165) is 23.5 Å². The van der Waals surface area contributed by atoms with E-state index in [1.807, 2.05) is 12.1 Å². The number of benzene rings is 1. The number of carbonyl (C=O) groups excluding carboxylic acids is 1. The number of carbonyl (C=O) groups is 1. The molecule has 7 N–H and O–H groups in total. The van der Waals surface area contributed by atoms with Crippen LogP contribution in [-0.2, 0) is 11.3 Å². The van der Waals surface area contributed by atoms with Crippen LogP contribution >= 0.6 is 0 Å². The van der Waals surface area contributed by atoms with Gasteiger partial charge in [-0.3, -0.25) is 15.2 Å². The number of nitriles is 1. The van der Waals surface area contributed by atoms with Crippen LogP contribution in [0.3, 0.4) is 0 Å². The second-order valence-corrected chi connectivity index (χ2v) is 10.9. The Labute approximate surface area is 240 Å². The Bertz CT molecular complexity index is 1510. The van der Waals surface area contributed by atoms with E-state index in [4.69, 9.17) is 17.2 Å². The molecule has 1 aromatic heterocycles. The summed E-state index contributed by atoms with van der Waals surface area (Å²) in [4.78, 5) is 17.7. The van der Waals surface area contributed by atoms with E-state index in [-0.39, 0.29) is 35.8 Å². The second kappa shape index (κ2) is 10.9. The van der Waals surface area contributed by atoms with Crippen molar-refractivity contribution in [2.75, 3.05) is 5.01 Å². The first-order chi connectivity index (χ1) is 19.9. The number of halogens is 4. The Morgan fingerprint density at radius 3 is 2.62 bits per heavy atom. The third-order valence-electron chi connectivity index (χ3n) is 8.31. The van der Waals surface area contributed by atoms with Crippen molar-refractivity contribution >= 4 is 11.6 Å². The van der Waals surface area contributed by atoms with Crippen LogP contribution in [0, 0.1) is 17.2 Å². The number of alkyl halides is 4. The molecule has 1 fully saturated rings. The first-order valence-electron chi connectivity index (χ1n) is 13.6. The number of hydrogen-bond acceptors (Lipinski definition) is 7. The molecule has 3 aliphatic rings. The maximum absolute atomic E-state index is 16.7. The third kappa shape index (κ3) is 5.03. The van der Waals surface area contributed by atoms with E-state index in [0.29, 0.717) is 24.0 Å². The molecule has 4 unspecified atom stereocenters. The van der Waals surface area contributed by atoms with Crippen molar-refractivity contribution in [1.29, 1.82) is 5.26 Å². The van der Waals surface area contributed by atoms with Crippen molar-refractivity contribution in [3.8, 4) is 6.07 Å². The van der Waals surface area contributed by atoms with Crippen molar-refractivity contribution in [1.82, 2.24) is 10.4 Å². The summed E-state index contributed by atoms with van der Waals surface area (Å²) in [5, 5.41) is 10.2. The van der Waals surface area contributed by atoms with Gasteiger partial charge in [0.1, 0.15) is 29.2 Å². The molecule has 12 heteroatoms. The number of rotatable bonds is 9. The lowest BCUT2D eigenvalue weighted by Crippen LogP contribution is -2.76. The van der Waals surface area contributed by atoms with Crippen LogP contribution in [0.15, 0.2) is 78.0 Å². The molecule has 2 aliphatic carbocycles. The monoisotopic (exact) mass is 581 g/mol. The van der Waals surface area contributed by atoms with E-state index in [1.54, 1.807) is 24.3 Å². The summed E-state index contributed by atoms with van der Waals surface area (Å²) in [5.41, 5.74) is 16.3. The Morgan fingerprint density at radius 2 is 1.98 bits per heavy atom. The minimum atomic E-state index is -4.91. The topological polar surface area (TPSA) is 147 Å². The smallest absolute Gasteiger partial charge is 0.367 e. The van der Waals surface area contributed by atoms with Crippen molar-refractivity contribution < 1.29 is 22.4 Å². The lowest BCUT2D eigenvalue weighted by atomic mass is 9.68. The standard InChI is InChI=1S/C30H31F4N7O/c31-26-20(11-12-23(19-9-10-19)24-8-2-6-21(17-36)39-24)5-3-13-28(26,38)29(27(37)42)15-25(30(32,33)34)40-41(29)22-7-1-4-18(14-22)16-35/h1-8,13-15,19,23,26,40H,9-12,16,35,38H2,(H2,37,42). The normalized spacial score (nSPS) is 26.2. The maximum atomic E-state index is 16.7. The number of anilines is 1. The number of nitrogens with two attached hydrogens (primary N) is 3. The molecular weight excluding hydrogens is 550 g/mol. The zero-order valence-corrected chi connectivity index (χ0v) is 22.6. The zero-order chi connectivity index (χ0) is 30.3. The van der Waals surface area contributed by atoms with Crippen molar-refractivity contribution in [3.05, 3.63) is 95.0 Å². The number of amides is 1. The summed E-state index contributed by atoms with van der Waals surface area (Å²) >= 11 is 0. The number of primary amides is 1. The highest BCUT2D eigenvalue weighted by molar-refractivity contribution is 5.95. The summed E-state index contributed by atoms with van der Waals surface area (Å²) in [6.07, 6.45) is 0.381. The van der Waals surface area contributed by atoms with Gasteiger partial charge >= 0.3 is 6.18 Å². The van der Waals surface area contributed by atoms with E-state index in [2.05, 4.69) is 10.4 Å². The number of nitrogens with zero attached hydrogens (tertiary/aromatic N) is 3. The highest BCUT2D eigenvalue weighted by atomic mass is 19.4. The van der Waals surface area contributed by atoms with Gasteiger partial charge in [-0.15, -0.1) is 0 Å². The van der Waals surface area contributed by atoms with Crippen LogP contribution < -0.4 is 27.6 Å². The van der Waals surface area contributed by atoms with Crippen molar-refractivity contribution in [2.45, 2.75) is 61.6 Å². The molecule has 0 radical (unpaired) electrons. The number of hydrogen-bond donors (Lipinski definition) is 4. The zero-order valence-electron chi connectivity index (χ0n) is 22.6. The van der Waals surface area contributed by atoms with Crippen LogP contribution in [0.25, 0.3) is 0 Å². The molecule has 2 heterocycles. The Hall–Kier alpha value is -4.21. The quantitative estimate of drug-likeness (QED) is 0.328. The van der Waals surface area contributed by atoms with Gasteiger partial charge in [0.15, 0.2) is 5.54 Å². The molecule has 4 atom stereocenters. The fourth-order valence-corrected chi connectivity index (χ4v) is 5.97. The summed E-state index contributed by atoms with van der Waals surface area (Å²) in [6, 6.07) is 13.4. The average molecular weight is 582 g/mol. The van der Waals surface area contributed by atoms with Crippen LogP contribution in [0.2, 0.25) is 0 Å². The molecule has 1 saturated carbocycles. The Balaban J connectivity index is 1.51. The fourth-order valence-electron chi connectivity index (χ4n) is 5.97. The molecule has 0 saturated heterocycles. The third-order valence-corrected chi connectivity index (χ3v) is 8.31. The lowest BCUT2D eigenvalue weighted by molar-refractivity contribution is -0.123. The Morgan fingerprint density at radius 1 is 1.24 bits per heavy atom. The lowest BCUT2D eigenvalue weighted by Gasteiger charge is -2.49. The maximum Gasteiger partial charge on any atom is 0.432 e. The highest BCUT2D eigenvalue weighted by Crippen LogP contribution is 2.48. The van der Waals surface area contributed by atoms with Crippen molar-refractivity contribution in [3.63, 3.8) is 0 Å². The van der Waals surface area contributed by atoms with E-state index in [1.165, 1.54) is 30.4 Å². The largest absolute Gasteiger partial charge is 0.432 e. The van der Waals surface area contributed by atoms with Gasteiger partial charge in [0.25, 0.3) is 5.91 Å². The minimum Gasteiger partial charge on any atom is -0.367 e. The molecule has 1 amide bonds. The molecule has 5 rings (SSSR count). The van der Waals surface area contributed by atoms with Crippen LogP contribution in [-0.4, -0.2) is 34.3 Å². The minimum absolute atomic E-state index is 0.0463. The molecule has 220 valence electrons. The number of allylic oxidation sites excluding steroid dienone is 3. The van der Waals surface area contributed by atoms with Gasteiger partial charge in [-0.2, -0.15) is 18.4 Å². The molecule has 0 spiro atoms. The second-order valence-electron chi connectivity index (χ2n) is 10.9. The summed E-state index contributed by atoms with van der Waals surface area (Å²) in [6.45, 7) is 0.0748. The SMILES string of the molecule is N#Cc1cccc(C(CCC2=CC=CC(N)(C3(C(N)=O)C=C(C(F)(F)F)NN3c3cccc(CN)c3)C2F)C2CC2)n1. The highest BCUT2D eigenvalue weighted by Gasteiger charge is 2.65. The molecule has 8 nitrogen and oxygen atoms in total. The molecule has 1 aromatic carbocycles.